The Morgan fingerprint density at radius 2 is 1.85 bits per heavy atom. The van der Waals surface area contributed by atoms with Crippen LogP contribution in [0, 0.1) is 16.5 Å². The van der Waals surface area contributed by atoms with E-state index < -0.39 is 0 Å². The highest BCUT2D eigenvalue weighted by Crippen LogP contribution is 2.39. The maximum absolute atomic E-state index is 12.8. The highest BCUT2D eigenvalue weighted by atomic mass is 16.5. The molecule has 0 N–H and O–H groups in total. The average Bonchev–Trinajstić information content (AvgIpc) is 3.10. The summed E-state index contributed by atoms with van der Waals surface area (Å²) in [5, 5.41) is 11.2. The summed E-state index contributed by atoms with van der Waals surface area (Å²) in [6, 6.07) is 3.27. The van der Waals surface area contributed by atoms with Crippen molar-refractivity contribution in [1.82, 2.24) is 9.80 Å². The first-order chi connectivity index (χ1) is 13.1. The first kappa shape index (κ1) is 18.7. The number of nitrogens with zero attached hydrogens (tertiary/aromatic N) is 3. The monoisotopic (exact) mass is 371 g/mol. The first-order valence-electron chi connectivity index (χ1n) is 10.8. The van der Waals surface area contributed by atoms with Crippen LogP contribution in [0.15, 0.2) is 24.5 Å². The lowest BCUT2D eigenvalue weighted by molar-refractivity contribution is -0.605. The van der Waals surface area contributed by atoms with Crippen LogP contribution in [0.3, 0.4) is 0 Å². The summed E-state index contributed by atoms with van der Waals surface area (Å²) in [4.78, 5) is 17.5. The van der Waals surface area contributed by atoms with Gasteiger partial charge in [0.2, 0.25) is 0 Å². The number of amides is 1. The number of hydrogen-bond acceptors (Lipinski definition) is 3. The van der Waals surface area contributed by atoms with Crippen molar-refractivity contribution in [3.63, 3.8) is 0 Å². The second kappa shape index (κ2) is 8.17. The third-order valence-corrected chi connectivity index (χ3v) is 7.09. The van der Waals surface area contributed by atoms with Crippen LogP contribution in [0.2, 0.25) is 0 Å². The van der Waals surface area contributed by atoms with E-state index in [9.17, 15) is 10.0 Å². The molecule has 0 radical (unpaired) electrons. The molecule has 1 atom stereocenters. The lowest BCUT2D eigenvalue weighted by atomic mass is 9.79. The Morgan fingerprint density at radius 1 is 1.07 bits per heavy atom. The second-order valence-electron chi connectivity index (χ2n) is 9.10. The maximum Gasteiger partial charge on any atom is 0.254 e. The van der Waals surface area contributed by atoms with Crippen LogP contribution in [0.1, 0.15) is 68.1 Å². The van der Waals surface area contributed by atoms with Crippen molar-refractivity contribution >= 4 is 5.91 Å². The van der Waals surface area contributed by atoms with E-state index in [4.69, 9.17) is 0 Å². The van der Waals surface area contributed by atoms with Crippen LogP contribution < -0.4 is 4.73 Å². The quantitative estimate of drug-likeness (QED) is 0.603. The third-order valence-electron chi connectivity index (χ3n) is 7.09. The molecule has 148 valence electrons. The maximum atomic E-state index is 12.8. The van der Waals surface area contributed by atoms with E-state index in [2.05, 4.69) is 4.90 Å². The van der Waals surface area contributed by atoms with E-state index in [1.165, 1.54) is 76.8 Å². The number of pyridine rings is 1. The summed E-state index contributed by atoms with van der Waals surface area (Å²) in [5.74, 6) is 1.02. The van der Waals surface area contributed by atoms with E-state index in [0.717, 1.165) is 36.7 Å². The van der Waals surface area contributed by atoms with Crippen molar-refractivity contribution in [2.75, 3.05) is 32.7 Å². The van der Waals surface area contributed by atoms with Gasteiger partial charge < -0.3 is 15.0 Å². The fraction of sp³-hybridized carbons (Fsp3) is 0.727. The lowest BCUT2D eigenvalue weighted by Crippen LogP contribution is -2.46. The van der Waals surface area contributed by atoms with Gasteiger partial charge in [-0.1, -0.05) is 32.1 Å². The van der Waals surface area contributed by atoms with Gasteiger partial charge in [-0.2, -0.15) is 4.73 Å². The molecule has 4 rings (SSSR count). The van der Waals surface area contributed by atoms with E-state index in [0.29, 0.717) is 5.56 Å². The van der Waals surface area contributed by atoms with Gasteiger partial charge in [-0.3, -0.25) is 4.79 Å². The van der Waals surface area contributed by atoms with Gasteiger partial charge in [0.25, 0.3) is 5.91 Å². The fourth-order valence-corrected chi connectivity index (χ4v) is 5.52. The summed E-state index contributed by atoms with van der Waals surface area (Å²) in [7, 11) is 0. The minimum Gasteiger partial charge on any atom is -0.619 e. The number of aromatic nitrogens is 1. The molecule has 1 saturated carbocycles. The zero-order valence-corrected chi connectivity index (χ0v) is 16.4. The highest BCUT2D eigenvalue weighted by Gasteiger charge is 2.42. The first-order valence-corrected chi connectivity index (χ1v) is 10.8. The minimum atomic E-state index is 0.0757. The molecule has 1 aromatic heterocycles. The number of rotatable bonds is 4. The molecule has 1 aromatic rings. The predicted molar refractivity (Wildman–Crippen MR) is 105 cm³/mol. The molecule has 0 bridgehead atoms. The predicted octanol–water partition coefficient (Wildman–Crippen LogP) is 3.22. The minimum absolute atomic E-state index is 0.0757. The average molecular weight is 372 g/mol. The Bertz CT molecular complexity index is 641. The number of carbonyl (C=O) groups is 1. The van der Waals surface area contributed by atoms with E-state index in [1.54, 1.807) is 12.1 Å². The molecule has 5 heteroatoms. The molecule has 27 heavy (non-hydrogen) atoms. The lowest BCUT2D eigenvalue weighted by Gasteiger charge is -2.41. The molecule has 1 unspecified atom stereocenters. The zero-order valence-electron chi connectivity index (χ0n) is 16.4. The number of hydrogen-bond donors (Lipinski definition) is 0. The molecule has 1 amide bonds. The summed E-state index contributed by atoms with van der Waals surface area (Å²) in [6.45, 7) is 5.34. The molecule has 1 aliphatic carbocycles. The summed E-state index contributed by atoms with van der Waals surface area (Å²) < 4.78 is 0.730. The van der Waals surface area contributed by atoms with Crippen molar-refractivity contribution in [3.8, 4) is 0 Å². The van der Waals surface area contributed by atoms with Crippen LogP contribution in [0.25, 0.3) is 0 Å². The third kappa shape index (κ3) is 4.45. The van der Waals surface area contributed by atoms with Gasteiger partial charge in [0.1, 0.15) is 0 Å². The molecule has 5 nitrogen and oxygen atoms in total. The number of carbonyl (C=O) groups excluding carboxylic acids is 1. The van der Waals surface area contributed by atoms with Crippen LogP contribution in [0.5, 0.6) is 0 Å². The highest BCUT2D eigenvalue weighted by molar-refractivity contribution is 5.94. The van der Waals surface area contributed by atoms with E-state index >= 15 is 0 Å². The Kier molecular flexibility index (Phi) is 5.67. The number of piperidine rings is 1. The molecule has 2 saturated heterocycles. The SMILES string of the molecule is O=C(c1cc[n+]([O-])cc1)N1CCC2(CCCN(CCC3CCCCC3)C2)C1. The van der Waals surface area contributed by atoms with Crippen LogP contribution in [-0.4, -0.2) is 48.4 Å². The van der Waals surface area contributed by atoms with Crippen molar-refractivity contribution in [3.05, 3.63) is 35.3 Å². The van der Waals surface area contributed by atoms with Gasteiger partial charge in [-0.15, -0.1) is 0 Å². The van der Waals surface area contributed by atoms with Gasteiger partial charge >= 0.3 is 0 Å². The van der Waals surface area contributed by atoms with Crippen molar-refractivity contribution in [1.29, 1.82) is 0 Å². The second-order valence-corrected chi connectivity index (χ2v) is 9.10. The fourth-order valence-electron chi connectivity index (χ4n) is 5.52. The molecule has 0 aromatic carbocycles. The summed E-state index contributed by atoms with van der Waals surface area (Å²) in [6.07, 6.45) is 15.0. The standard InChI is InChI=1S/C22H33N3O2/c26-21(20-8-14-25(27)15-9-20)24-16-11-22(18-24)10-4-12-23(17-22)13-7-19-5-2-1-3-6-19/h8-9,14-15,19H,1-7,10-13,16-18H2. The molecular weight excluding hydrogens is 338 g/mol. The Morgan fingerprint density at radius 3 is 2.63 bits per heavy atom. The Labute approximate surface area is 162 Å². The molecule has 3 aliphatic rings. The van der Waals surface area contributed by atoms with Gasteiger partial charge in [0, 0.05) is 37.2 Å². The van der Waals surface area contributed by atoms with Crippen LogP contribution >= 0.6 is 0 Å². The largest absolute Gasteiger partial charge is 0.619 e. The van der Waals surface area contributed by atoms with E-state index in [1.807, 2.05) is 4.90 Å². The zero-order chi connectivity index (χ0) is 18.7. The number of likely N-dealkylation sites (tertiary alicyclic amines) is 2. The van der Waals surface area contributed by atoms with Gasteiger partial charge in [-0.25, -0.2) is 0 Å². The van der Waals surface area contributed by atoms with Crippen LogP contribution in [-0.2, 0) is 0 Å². The summed E-state index contributed by atoms with van der Waals surface area (Å²) in [5.41, 5.74) is 0.914. The summed E-state index contributed by atoms with van der Waals surface area (Å²) >= 11 is 0. The van der Waals surface area contributed by atoms with Gasteiger partial charge in [-0.05, 0) is 44.7 Å². The Hall–Kier alpha value is -1.62. The van der Waals surface area contributed by atoms with Crippen molar-refractivity contribution < 1.29 is 9.52 Å². The smallest absolute Gasteiger partial charge is 0.254 e. The van der Waals surface area contributed by atoms with E-state index in [-0.39, 0.29) is 11.3 Å². The molecular formula is C22H33N3O2. The van der Waals surface area contributed by atoms with Gasteiger partial charge in [0.15, 0.2) is 12.4 Å². The topological polar surface area (TPSA) is 50.5 Å². The Balaban J connectivity index is 1.32. The normalized spacial score (nSPS) is 27.3. The molecule has 3 fully saturated rings. The van der Waals surface area contributed by atoms with Gasteiger partial charge in [0.05, 0.1) is 5.56 Å². The van der Waals surface area contributed by atoms with Crippen molar-refractivity contribution in [2.24, 2.45) is 11.3 Å². The molecule has 3 heterocycles. The van der Waals surface area contributed by atoms with Crippen molar-refractivity contribution in [2.45, 2.75) is 57.8 Å². The van der Waals surface area contributed by atoms with Crippen LogP contribution in [0.4, 0.5) is 0 Å². The molecule has 1 spiro atoms. The molecule has 2 aliphatic heterocycles.